The van der Waals surface area contributed by atoms with Crippen LogP contribution in [0.15, 0.2) is 6.20 Å². The number of ether oxygens (including phenoxy) is 1. The van der Waals surface area contributed by atoms with Crippen LogP contribution in [-0.2, 0) is 6.42 Å². The first-order valence-electron chi connectivity index (χ1n) is 5.41. The Morgan fingerprint density at radius 2 is 2.20 bits per heavy atom. The Kier molecular flexibility index (Phi) is 4.49. The molecule has 1 atom stereocenters. The highest BCUT2D eigenvalue weighted by atomic mass is 16.5. The van der Waals surface area contributed by atoms with E-state index >= 15 is 0 Å². The molecule has 1 heterocycles. The van der Waals surface area contributed by atoms with E-state index in [2.05, 4.69) is 9.97 Å². The fourth-order valence-corrected chi connectivity index (χ4v) is 1.30. The lowest BCUT2D eigenvalue weighted by Gasteiger charge is -2.13. The van der Waals surface area contributed by atoms with Crippen LogP contribution in [-0.4, -0.2) is 23.1 Å². The molecule has 2 N–H and O–H groups in total. The summed E-state index contributed by atoms with van der Waals surface area (Å²) in [6.45, 7) is 7.22. The molecule has 1 unspecified atom stereocenters. The van der Waals surface area contributed by atoms with E-state index in [0.29, 0.717) is 19.0 Å². The quantitative estimate of drug-likeness (QED) is 0.798. The molecule has 84 valence electrons. The first-order chi connectivity index (χ1) is 7.22. The van der Waals surface area contributed by atoms with Gasteiger partial charge in [0.05, 0.1) is 6.61 Å². The topological polar surface area (TPSA) is 61.0 Å². The Labute approximate surface area is 90.9 Å². The summed E-state index contributed by atoms with van der Waals surface area (Å²) in [5.41, 5.74) is 6.63. The van der Waals surface area contributed by atoms with Crippen molar-refractivity contribution in [1.82, 2.24) is 9.97 Å². The zero-order valence-electron chi connectivity index (χ0n) is 9.66. The molecule has 4 heteroatoms. The number of hydrogen-bond donors (Lipinski definition) is 1. The van der Waals surface area contributed by atoms with Crippen molar-refractivity contribution in [3.05, 3.63) is 17.6 Å². The van der Waals surface area contributed by atoms with Crippen molar-refractivity contribution in [1.29, 1.82) is 0 Å². The Balaban J connectivity index is 3.03. The predicted molar refractivity (Wildman–Crippen MR) is 60.0 cm³/mol. The van der Waals surface area contributed by atoms with Crippen LogP contribution in [0.2, 0.25) is 0 Å². The Morgan fingerprint density at radius 3 is 2.73 bits per heavy atom. The van der Waals surface area contributed by atoms with Gasteiger partial charge in [0.25, 0.3) is 0 Å². The highest BCUT2D eigenvalue weighted by Crippen LogP contribution is 2.23. The van der Waals surface area contributed by atoms with E-state index in [1.807, 2.05) is 27.0 Å². The minimum Gasteiger partial charge on any atom is -0.478 e. The number of hydrogen-bond acceptors (Lipinski definition) is 4. The van der Waals surface area contributed by atoms with Gasteiger partial charge in [0.1, 0.15) is 5.82 Å². The second-order valence-electron chi connectivity index (χ2n) is 3.47. The zero-order valence-corrected chi connectivity index (χ0v) is 9.66. The van der Waals surface area contributed by atoms with Gasteiger partial charge in [-0.25, -0.2) is 4.98 Å². The number of nitrogens with two attached hydrogens (primary N) is 1. The first kappa shape index (κ1) is 11.9. The third-order valence-electron chi connectivity index (χ3n) is 2.31. The molecule has 0 fully saturated rings. The van der Waals surface area contributed by atoms with Gasteiger partial charge in [0, 0.05) is 24.1 Å². The van der Waals surface area contributed by atoms with Gasteiger partial charge in [-0.3, -0.25) is 0 Å². The number of nitrogens with zero attached hydrogens (tertiary/aromatic N) is 2. The molecule has 1 aromatic heterocycles. The smallest absolute Gasteiger partial charge is 0.220 e. The van der Waals surface area contributed by atoms with Crippen molar-refractivity contribution in [3.63, 3.8) is 0 Å². The molecule has 1 aromatic rings. The maximum atomic E-state index is 5.63. The summed E-state index contributed by atoms with van der Waals surface area (Å²) in [5.74, 6) is 1.73. The zero-order chi connectivity index (χ0) is 11.3. The summed E-state index contributed by atoms with van der Waals surface area (Å²) in [7, 11) is 0. The van der Waals surface area contributed by atoms with Crippen molar-refractivity contribution in [2.75, 3.05) is 13.2 Å². The molecule has 0 spiro atoms. The van der Waals surface area contributed by atoms with Gasteiger partial charge in [-0.1, -0.05) is 13.8 Å². The van der Waals surface area contributed by atoms with Gasteiger partial charge < -0.3 is 10.5 Å². The van der Waals surface area contributed by atoms with E-state index in [-0.39, 0.29) is 5.92 Å². The first-order valence-corrected chi connectivity index (χ1v) is 5.41. The second kappa shape index (κ2) is 5.66. The van der Waals surface area contributed by atoms with Gasteiger partial charge in [-0.15, -0.1) is 0 Å². The van der Waals surface area contributed by atoms with E-state index in [4.69, 9.17) is 10.5 Å². The van der Waals surface area contributed by atoms with E-state index in [0.717, 1.165) is 17.8 Å². The summed E-state index contributed by atoms with van der Waals surface area (Å²) < 4.78 is 5.50. The molecule has 0 aliphatic rings. The van der Waals surface area contributed by atoms with Crippen LogP contribution >= 0.6 is 0 Å². The molecule has 0 saturated heterocycles. The summed E-state index contributed by atoms with van der Waals surface area (Å²) in [4.78, 5) is 8.62. The van der Waals surface area contributed by atoms with Crippen molar-refractivity contribution in [2.24, 2.45) is 5.73 Å². The van der Waals surface area contributed by atoms with Crippen LogP contribution in [0, 0.1) is 0 Å². The Bertz CT molecular complexity index is 315. The molecular weight excluding hydrogens is 190 g/mol. The molecule has 0 radical (unpaired) electrons. The molecular formula is C11H19N3O. The third kappa shape index (κ3) is 2.89. The minimum absolute atomic E-state index is 0.234. The third-order valence-corrected chi connectivity index (χ3v) is 2.31. The van der Waals surface area contributed by atoms with Crippen molar-refractivity contribution < 1.29 is 4.74 Å². The monoisotopic (exact) mass is 209 g/mol. The lowest BCUT2D eigenvalue weighted by Crippen LogP contribution is -2.13. The number of rotatable bonds is 5. The minimum atomic E-state index is 0.234. The standard InChI is InChI=1S/C11H19N3O/c1-4-10-13-7-9(8(3)6-12)11(14-10)15-5-2/h7-8H,4-6,12H2,1-3H3. The Hall–Kier alpha value is -1.16. The van der Waals surface area contributed by atoms with Crippen molar-refractivity contribution in [3.8, 4) is 5.88 Å². The van der Waals surface area contributed by atoms with Crippen LogP contribution in [0.5, 0.6) is 5.88 Å². The van der Waals surface area contributed by atoms with Crippen molar-refractivity contribution in [2.45, 2.75) is 33.1 Å². The lowest BCUT2D eigenvalue weighted by molar-refractivity contribution is 0.319. The van der Waals surface area contributed by atoms with Gasteiger partial charge in [0.15, 0.2) is 0 Å². The molecule has 15 heavy (non-hydrogen) atoms. The number of aromatic nitrogens is 2. The maximum absolute atomic E-state index is 5.63. The van der Waals surface area contributed by atoms with Crippen LogP contribution in [0.1, 0.15) is 38.1 Å². The van der Waals surface area contributed by atoms with Crippen LogP contribution < -0.4 is 10.5 Å². The number of aryl methyl sites for hydroxylation is 1. The summed E-state index contributed by atoms with van der Waals surface area (Å²) in [6, 6.07) is 0. The second-order valence-corrected chi connectivity index (χ2v) is 3.47. The van der Waals surface area contributed by atoms with Gasteiger partial charge in [0.2, 0.25) is 5.88 Å². The van der Waals surface area contributed by atoms with E-state index < -0.39 is 0 Å². The average Bonchev–Trinajstić information content (AvgIpc) is 2.28. The molecule has 1 rings (SSSR count). The largest absolute Gasteiger partial charge is 0.478 e. The van der Waals surface area contributed by atoms with E-state index in [1.54, 1.807) is 0 Å². The SMILES string of the molecule is CCOc1nc(CC)ncc1C(C)CN. The van der Waals surface area contributed by atoms with Gasteiger partial charge in [-0.2, -0.15) is 4.98 Å². The molecule has 0 aliphatic heterocycles. The average molecular weight is 209 g/mol. The fourth-order valence-electron chi connectivity index (χ4n) is 1.30. The molecule has 0 aliphatic carbocycles. The fraction of sp³-hybridized carbons (Fsp3) is 0.636. The van der Waals surface area contributed by atoms with Gasteiger partial charge in [-0.05, 0) is 13.5 Å². The highest BCUT2D eigenvalue weighted by molar-refractivity contribution is 5.27. The molecule has 0 saturated carbocycles. The Morgan fingerprint density at radius 1 is 1.47 bits per heavy atom. The molecule has 4 nitrogen and oxygen atoms in total. The highest BCUT2D eigenvalue weighted by Gasteiger charge is 2.13. The predicted octanol–water partition coefficient (Wildman–Crippen LogP) is 1.50. The summed E-state index contributed by atoms with van der Waals surface area (Å²) in [5, 5.41) is 0. The summed E-state index contributed by atoms with van der Waals surface area (Å²) in [6.07, 6.45) is 2.64. The summed E-state index contributed by atoms with van der Waals surface area (Å²) >= 11 is 0. The molecule has 0 aromatic carbocycles. The maximum Gasteiger partial charge on any atom is 0.220 e. The van der Waals surface area contributed by atoms with Gasteiger partial charge >= 0.3 is 0 Å². The lowest BCUT2D eigenvalue weighted by atomic mass is 10.0. The van der Waals surface area contributed by atoms with Crippen LogP contribution in [0.3, 0.4) is 0 Å². The molecule has 0 amide bonds. The van der Waals surface area contributed by atoms with E-state index in [9.17, 15) is 0 Å². The molecule has 0 bridgehead atoms. The van der Waals surface area contributed by atoms with Crippen LogP contribution in [0.25, 0.3) is 0 Å². The van der Waals surface area contributed by atoms with Crippen molar-refractivity contribution >= 4 is 0 Å². The normalized spacial score (nSPS) is 12.5. The van der Waals surface area contributed by atoms with E-state index in [1.165, 1.54) is 0 Å². The van der Waals surface area contributed by atoms with Crippen LogP contribution in [0.4, 0.5) is 0 Å².